The molecule has 5 nitrogen and oxygen atoms in total. The molecule has 0 aromatic carbocycles. The van der Waals surface area contributed by atoms with Gasteiger partial charge >= 0.3 is 0 Å². The van der Waals surface area contributed by atoms with Crippen LogP contribution in [0.3, 0.4) is 0 Å². The van der Waals surface area contributed by atoms with Crippen molar-refractivity contribution >= 4 is 16.7 Å². The summed E-state index contributed by atoms with van der Waals surface area (Å²) in [4.78, 5) is 11.3. The molecule has 1 rings (SSSR count). The summed E-state index contributed by atoms with van der Waals surface area (Å²) in [6, 6.07) is 0.0658. The summed E-state index contributed by atoms with van der Waals surface area (Å²) in [6.45, 7) is 8.72. The van der Waals surface area contributed by atoms with Crippen LogP contribution in [0.15, 0.2) is 0 Å². The molecular weight excluding hydrogens is 228 g/mol. The Labute approximate surface area is 99.7 Å². The van der Waals surface area contributed by atoms with E-state index >= 15 is 0 Å². The first kappa shape index (κ1) is 15.7. The van der Waals surface area contributed by atoms with Crippen molar-refractivity contribution in [3.63, 3.8) is 0 Å². The molecule has 0 unspecified atom stereocenters. The standard InChI is InChI=1S/C8H18N2O3S.C2H6/c1-6(2)8(11)9-7-4-10(5-7)14(3,12)13;1-2/h6-7,12-13H,4-5H2,1-3H3,(H,9,11);1-2H3. The van der Waals surface area contributed by atoms with E-state index in [0.717, 1.165) is 0 Å². The number of carbonyl (C=O) groups is 1. The summed E-state index contributed by atoms with van der Waals surface area (Å²) >= 11 is 0. The van der Waals surface area contributed by atoms with Gasteiger partial charge in [0.1, 0.15) is 0 Å². The van der Waals surface area contributed by atoms with Crippen LogP contribution in [0.25, 0.3) is 0 Å². The smallest absolute Gasteiger partial charge is 0.222 e. The molecular formula is C10H24N2O3S. The summed E-state index contributed by atoms with van der Waals surface area (Å²) in [6.07, 6.45) is 1.40. The molecule has 1 fully saturated rings. The number of hydrogen-bond donors (Lipinski definition) is 3. The molecule has 0 aromatic rings. The average Bonchev–Trinajstić information content (AvgIpc) is 2.11. The molecule has 6 heteroatoms. The van der Waals surface area contributed by atoms with E-state index < -0.39 is 10.8 Å². The zero-order chi connectivity index (χ0) is 12.9. The summed E-state index contributed by atoms with van der Waals surface area (Å²) in [5, 5.41) is 2.83. The fraction of sp³-hybridized carbons (Fsp3) is 0.900. The van der Waals surface area contributed by atoms with E-state index in [4.69, 9.17) is 0 Å². The van der Waals surface area contributed by atoms with Gasteiger partial charge in [0.15, 0.2) is 0 Å². The highest BCUT2D eigenvalue weighted by atomic mass is 32.3. The Hall–Kier alpha value is -0.300. The third-order valence-electron chi connectivity index (χ3n) is 2.21. The molecule has 0 saturated carbocycles. The molecule has 1 aliphatic rings. The van der Waals surface area contributed by atoms with Crippen LogP contribution in [0.4, 0.5) is 0 Å². The number of hydrogen-bond acceptors (Lipinski definition) is 4. The van der Waals surface area contributed by atoms with Gasteiger partial charge in [-0.05, 0) is 0 Å². The van der Waals surface area contributed by atoms with Gasteiger partial charge in [0.2, 0.25) is 5.91 Å². The maximum atomic E-state index is 11.3. The van der Waals surface area contributed by atoms with Crippen LogP contribution in [0.2, 0.25) is 0 Å². The predicted octanol–water partition coefficient (Wildman–Crippen LogP) is 1.76. The average molecular weight is 252 g/mol. The van der Waals surface area contributed by atoms with Gasteiger partial charge in [-0.1, -0.05) is 27.7 Å². The van der Waals surface area contributed by atoms with E-state index in [9.17, 15) is 13.9 Å². The largest absolute Gasteiger partial charge is 0.350 e. The van der Waals surface area contributed by atoms with Gasteiger partial charge < -0.3 is 5.32 Å². The molecule has 0 aliphatic carbocycles. The molecule has 16 heavy (non-hydrogen) atoms. The van der Waals surface area contributed by atoms with E-state index in [1.165, 1.54) is 6.26 Å². The summed E-state index contributed by atoms with van der Waals surface area (Å²) < 4.78 is 20.1. The van der Waals surface area contributed by atoms with E-state index in [-0.39, 0.29) is 17.9 Å². The second kappa shape index (κ2) is 6.44. The van der Waals surface area contributed by atoms with E-state index in [0.29, 0.717) is 13.1 Å². The first-order chi connectivity index (χ1) is 7.30. The topological polar surface area (TPSA) is 72.8 Å². The van der Waals surface area contributed by atoms with Crippen LogP contribution in [0.5, 0.6) is 0 Å². The van der Waals surface area contributed by atoms with Crippen molar-refractivity contribution in [1.82, 2.24) is 9.62 Å². The van der Waals surface area contributed by atoms with Crippen molar-refractivity contribution in [2.75, 3.05) is 19.3 Å². The Bertz CT molecular complexity index is 223. The Morgan fingerprint density at radius 1 is 1.38 bits per heavy atom. The second-order valence-electron chi connectivity index (χ2n) is 4.00. The lowest BCUT2D eigenvalue weighted by atomic mass is 10.1. The predicted molar refractivity (Wildman–Crippen MR) is 68.5 cm³/mol. The molecule has 98 valence electrons. The molecule has 0 bridgehead atoms. The molecule has 0 atom stereocenters. The Kier molecular flexibility index (Phi) is 6.32. The van der Waals surface area contributed by atoms with Crippen LogP contribution >= 0.6 is 10.8 Å². The number of rotatable bonds is 3. The molecule has 1 heterocycles. The molecule has 1 amide bonds. The van der Waals surface area contributed by atoms with E-state index in [1.54, 1.807) is 4.31 Å². The normalized spacial score (nSPS) is 18.5. The Balaban J connectivity index is 0.00000106. The molecule has 0 radical (unpaired) electrons. The second-order valence-corrected chi connectivity index (χ2v) is 6.10. The van der Waals surface area contributed by atoms with Crippen molar-refractivity contribution in [2.45, 2.75) is 33.7 Å². The fourth-order valence-corrected chi connectivity index (χ4v) is 2.10. The van der Waals surface area contributed by atoms with Crippen LogP contribution in [-0.2, 0) is 4.79 Å². The lowest BCUT2D eigenvalue weighted by Gasteiger charge is -2.49. The quantitative estimate of drug-likeness (QED) is 0.715. The van der Waals surface area contributed by atoms with Gasteiger partial charge in [0, 0.05) is 25.3 Å². The first-order valence-corrected chi connectivity index (χ1v) is 7.50. The minimum atomic E-state index is -2.57. The number of nitrogens with zero attached hydrogens (tertiary/aromatic N) is 1. The third kappa shape index (κ3) is 4.69. The number of nitrogens with one attached hydrogen (secondary N) is 1. The highest BCUT2D eigenvalue weighted by Crippen LogP contribution is 2.42. The molecule has 1 aliphatic heterocycles. The molecule has 1 saturated heterocycles. The van der Waals surface area contributed by atoms with Crippen LogP contribution in [0, 0.1) is 5.92 Å². The Morgan fingerprint density at radius 3 is 2.12 bits per heavy atom. The lowest BCUT2D eigenvalue weighted by Crippen LogP contribution is -2.59. The monoisotopic (exact) mass is 252 g/mol. The van der Waals surface area contributed by atoms with Crippen molar-refractivity contribution in [3.8, 4) is 0 Å². The SMILES string of the molecule is CC.CC(C)C(=O)NC1CN(S(C)(O)O)C1. The minimum absolute atomic E-state index is 0.0160. The highest BCUT2D eigenvalue weighted by molar-refractivity contribution is 8.21. The highest BCUT2D eigenvalue weighted by Gasteiger charge is 2.34. The summed E-state index contributed by atoms with van der Waals surface area (Å²) in [7, 11) is -2.57. The van der Waals surface area contributed by atoms with Gasteiger partial charge in [-0.2, -0.15) is 0 Å². The van der Waals surface area contributed by atoms with Gasteiger partial charge in [-0.25, -0.2) is 4.31 Å². The van der Waals surface area contributed by atoms with E-state index in [2.05, 4.69) is 5.32 Å². The lowest BCUT2D eigenvalue weighted by molar-refractivity contribution is -0.125. The van der Waals surface area contributed by atoms with Crippen LogP contribution < -0.4 is 5.32 Å². The first-order valence-electron chi connectivity index (χ1n) is 5.59. The van der Waals surface area contributed by atoms with Crippen molar-refractivity contribution in [1.29, 1.82) is 0 Å². The maximum Gasteiger partial charge on any atom is 0.222 e. The maximum absolute atomic E-state index is 11.3. The van der Waals surface area contributed by atoms with Gasteiger partial charge in [-0.3, -0.25) is 13.9 Å². The van der Waals surface area contributed by atoms with Crippen molar-refractivity contribution in [2.24, 2.45) is 5.92 Å². The summed E-state index contributed by atoms with van der Waals surface area (Å²) in [5.41, 5.74) is 0. The van der Waals surface area contributed by atoms with Gasteiger partial charge in [-0.15, -0.1) is 10.8 Å². The molecule has 0 spiro atoms. The van der Waals surface area contributed by atoms with Crippen molar-refractivity contribution in [3.05, 3.63) is 0 Å². The van der Waals surface area contributed by atoms with Crippen LogP contribution in [-0.4, -0.2) is 44.7 Å². The van der Waals surface area contributed by atoms with Crippen LogP contribution in [0.1, 0.15) is 27.7 Å². The van der Waals surface area contributed by atoms with Gasteiger partial charge in [0.05, 0.1) is 6.04 Å². The Morgan fingerprint density at radius 2 is 1.81 bits per heavy atom. The number of amides is 1. The van der Waals surface area contributed by atoms with Crippen molar-refractivity contribution < 1.29 is 13.9 Å². The zero-order valence-electron chi connectivity index (χ0n) is 10.7. The zero-order valence-corrected chi connectivity index (χ0v) is 11.5. The van der Waals surface area contributed by atoms with E-state index in [1.807, 2.05) is 27.7 Å². The van der Waals surface area contributed by atoms with Gasteiger partial charge in [0.25, 0.3) is 0 Å². The third-order valence-corrected chi connectivity index (χ3v) is 3.48. The molecule has 3 N–H and O–H groups in total. The fourth-order valence-electron chi connectivity index (χ4n) is 1.18. The summed E-state index contributed by atoms with van der Waals surface area (Å²) in [5.74, 6) is -0.00623. The molecule has 0 aromatic heterocycles. The number of carbonyl (C=O) groups excluding carboxylic acids is 1. The minimum Gasteiger partial charge on any atom is -0.350 e.